The molecule has 0 N–H and O–H groups in total. The largest absolute Gasteiger partial charge is 0.444 e. The highest BCUT2D eigenvalue weighted by Gasteiger charge is 2.69. The predicted molar refractivity (Wildman–Crippen MR) is 94.6 cm³/mol. The molecule has 2 aliphatic heterocycles. The Labute approximate surface area is 160 Å². The first-order chi connectivity index (χ1) is 12.5. The van der Waals surface area contributed by atoms with Crippen molar-refractivity contribution in [2.24, 2.45) is 5.92 Å². The van der Waals surface area contributed by atoms with Crippen LogP contribution < -0.4 is 0 Å². The molecule has 1 amide bonds. The standard InChI is InChI=1S/C19H30N2O6/c1-16(2,3)27-15(22)21-11-13-14(12(10-20)19(21)8-9-19)26-18(5,24-7)17(4,23-6)25-13/h12-14H,8-9,11H2,1-7H3/t12-,13-,14-,17+,18+/m1/s1. The molecule has 0 unspecified atom stereocenters. The Hall–Kier alpha value is -1.40. The number of piperidine rings is 1. The van der Waals surface area contributed by atoms with Crippen molar-refractivity contribution < 1.29 is 28.5 Å². The highest BCUT2D eigenvalue weighted by Crippen LogP contribution is 2.56. The van der Waals surface area contributed by atoms with Crippen molar-refractivity contribution in [3.63, 3.8) is 0 Å². The SMILES string of the molecule is CO[C@@]1(C)O[C@@H]2[C@@H](C#N)C3(CC3)N(C(=O)OC(C)(C)C)C[C@H]2O[C@]1(C)OC. The van der Waals surface area contributed by atoms with Gasteiger partial charge in [0.15, 0.2) is 0 Å². The second-order valence-electron chi connectivity index (χ2n) is 8.84. The van der Waals surface area contributed by atoms with Gasteiger partial charge < -0.3 is 23.7 Å². The van der Waals surface area contributed by atoms with Crippen LogP contribution in [-0.2, 0) is 23.7 Å². The van der Waals surface area contributed by atoms with Crippen LogP contribution in [0.1, 0.15) is 47.5 Å². The van der Waals surface area contributed by atoms with Crippen LogP contribution in [0.3, 0.4) is 0 Å². The number of nitriles is 1. The molecule has 2 saturated heterocycles. The first-order valence-corrected chi connectivity index (χ1v) is 9.31. The van der Waals surface area contributed by atoms with Gasteiger partial charge in [-0.05, 0) is 47.5 Å². The number of amides is 1. The summed E-state index contributed by atoms with van der Waals surface area (Å²) in [5.41, 5.74) is -1.19. The van der Waals surface area contributed by atoms with E-state index in [1.165, 1.54) is 14.2 Å². The lowest BCUT2D eigenvalue weighted by Crippen LogP contribution is -2.72. The number of fused-ring (bicyclic) bond motifs is 1. The number of nitrogens with zero attached hydrogens (tertiary/aromatic N) is 2. The topological polar surface area (TPSA) is 90.3 Å². The van der Waals surface area contributed by atoms with E-state index < -0.39 is 46.9 Å². The summed E-state index contributed by atoms with van der Waals surface area (Å²) in [4.78, 5) is 14.5. The highest BCUT2D eigenvalue weighted by atomic mass is 16.8. The molecule has 8 heteroatoms. The Morgan fingerprint density at radius 1 is 1.15 bits per heavy atom. The Morgan fingerprint density at radius 2 is 1.70 bits per heavy atom. The van der Waals surface area contributed by atoms with Gasteiger partial charge in [-0.25, -0.2) is 4.79 Å². The number of methoxy groups -OCH3 is 2. The van der Waals surface area contributed by atoms with E-state index in [4.69, 9.17) is 23.7 Å². The molecule has 0 aromatic rings. The molecule has 3 fully saturated rings. The molecule has 3 rings (SSSR count). The molecule has 0 bridgehead atoms. The Bertz CT molecular complexity index is 652. The van der Waals surface area contributed by atoms with E-state index in [9.17, 15) is 10.1 Å². The molecule has 0 aromatic carbocycles. The molecule has 27 heavy (non-hydrogen) atoms. The molecule has 5 atom stereocenters. The molecule has 3 aliphatic rings. The quantitative estimate of drug-likeness (QED) is 0.724. The van der Waals surface area contributed by atoms with Crippen LogP contribution in [0.2, 0.25) is 0 Å². The van der Waals surface area contributed by atoms with Gasteiger partial charge in [0.25, 0.3) is 0 Å². The number of carbonyl (C=O) groups excluding carboxylic acids is 1. The average Bonchev–Trinajstić information content (AvgIpc) is 3.35. The van der Waals surface area contributed by atoms with Crippen LogP contribution >= 0.6 is 0 Å². The maximum atomic E-state index is 12.9. The van der Waals surface area contributed by atoms with Crippen molar-refractivity contribution in [1.82, 2.24) is 4.90 Å². The van der Waals surface area contributed by atoms with Crippen molar-refractivity contribution in [1.29, 1.82) is 5.26 Å². The zero-order valence-electron chi connectivity index (χ0n) is 17.2. The summed E-state index contributed by atoms with van der Waals surface area (Å²) in [6, 6.07) is 2.36. The van der Waals surface area contributed by atoms with E-state index in [1.54, 1.807) is 18.7 Å². The molecule has 1 spiro atoms. The Morgan fingerprint density at radius 3 is 2.15 bits per heavy atom. The molecule has 8 nitrogen and oxygen atoms in total. The van der Waals surface area contributed by atoms with Gasteiger partial charge in [0.05, 0.1) is 24.1 Å². The minimum Gasteiger partial charge on any atom is -0.444 e. The van der Waals surface area contributed by atoms with E-state index in [0.29, 0.717) is 0 Å². The smallest absolute Gasteiger partial charge is 0.410 e. The van der Waals surface area contributed by atoms with Gasteiger partial charge in [0, 0.05) is 14.2 Å². The van der Waals surface area contributed by atoms with E-state index in [-0.39, 0.29) is 6.54 Å². The number of carbonyl (C=O) groups is 1. The summed E-state index contributed by atoms with van der Waals surface area (Å²) < 4.78 is 29.2. The summed E-state index contributed by atoms with van der Waals surface area (Å²) in [6.45, 7) is 9.21. The van der Waals surface area contributed by atoms with E-state index >= 15 is 0 Å². The summed E-state index contributed by atoms with van der Waals surface area (Å²) in [5.74, 6) is -2.90. The number of likely N-dealkylation sites (tertiary alicyclic amines) is 1. The first-order valence-electron chi connectivity index (χ1n) is 9.31. The number of ether oxygens (including phenoxy) is 5. The van der Waals surface area contributed by atoms with Crippen LogP contribution in [0.25, 0.3) is 0 Å². The van der Waals surface area contributed by atoms with Crippen molar-refractivity contribution in [3.8, 4) is 6.07 Å². The molecule has 0 aromatic heterocycles. The molecule has 1 aliphatic carbocycles. The van der Waals surface area contributed by atoms with Gasteiger partial charge in [0.1, 0.15) is 17.8 Å². The van der Waals surface area contributed by atoms with Crippen molar-refractivity contribution in [2.75, 3.05) is 20.8 Å². The average molecular weight is 382 g/mol. The van der Waals surface area contributed by atoms with Gasteiger partial charge in [-0.3, -0.25) is 4.90 Å². The molecule has 2 heterocycles. The van der Waals surface area contributed by atoms with Crippen LogP contribution in [0.15, 0.2) is 0 Å². The van der Waals surface area contributed by atoms with Crippen molar-refractivity contribution in [2.45, 2.75) is 82.4 Å². The molecular weight excluding hydrogens is 352 g/mol. The second-order valence-corrected chi connectivity index (χ2v) is 8.84. The van der Waals surface area contributed by atoms with Gasteiger partial charge in [0.2, 0.25) is 11.6 Å². The van der Waals surface area contributed by atoms with Crippen LogP contribution in [0.4, 0.5) is 4.79 Å². The van der Waals surface area contributed by atoms with Crippen LogP contribution in [-0.4, -0.2) is 66.7 Å². The van der Waals surface area contributed by atoms with Crippen molar-refractivity contribution >= 4 is 6.09 Å². The minimum absolute atomic E-state index is 0.274. The zero-order chi connectivity index (χ0) is 20.3. The highest BCUT2D eigenvalue weighted by molar-refractivity contribution is 5.70. The molecule has 152 valence electrons. The third-order valence-electron chi connectivity index (χ3n) is 6.03. The fourth-order valence-electron chi connectivity index (χ4n) is 4.11. The summed E-state index contributed by atoms with van der Waals surface area (Å²) in [5, 5.41) is 9.93. The van der Waals surface area contributed by atoms with Gasteiger partial charge in [-0.15, -0.1) is 0 Å². The maximum absolute atomic E-state index is 12.9. The Kier molecular flexibility index (Phi) is 4.75. The molecular formula is C19H30N2O6. The maximum Gasteiger partial charge on any atom is 0.410 e. The van der Waals surface area contributed by atoms with Gasteiger partial charge >= 0.3 is 6.09 Å². The monoisotopic (exact) mass is 382 g/mol. The summed E-state index contributed by atoms with van der Waals surface area (Å²) >= 11 is 0. The fraction of sp³-hybridized carbons (Fsp3) is 0.895. The van der Waals surface area contributed by atoms with Crippen molar-refractivity contribution in [3.05, 3.63) is 0 Å². The van der Waals surface area contributed by atoms with E-state index in [0.717, 1.165) is 12.8 Å². The normalized spacial score (nSPS) is 40.2. The third-order valence-corrected chi connectivity index (χ3v) is 6.03. The summed E-state index contributed by atoms with van der Waals surface area (Å²) in [7, 11) is 3.03. The van der Waals surface area contributed by atoms with Gasteiger partial charge in [-0.1, -0.05) is 0 Å². The number of rotatable bonds is 2. The lowest BCUT2D eigenvalue weighted by molar-refractivity contribution is -0.456. The van der Waals surface area contributed by atoms with Crippen LogP contribution in [0.5, 0.6) is 0 Å². The van der Waals surface area contributed by atoms with E-state index in [2.05, 4.69) is 6.07 Å². The third kappa shape index (κ3) is 3.11. The lowest BCUT2D eigenvalue weighted by atomic mass is 9.82. The number of hydrogen-bond donors (Lipinski definition) is 0. The summed E-state index contributed by atoms with van der Waals surface area (Å²) in [6.07, 6.45) is -0.00247. The zero-order valence-corrected chi connectivity index (χ0v) is 17.2. The van der Waals surface area contributed by atoms with E-state index in [1.807, 2.05) is 20.8 Å². The molecule has 0 radical (unpaired) electrons. The Balaban J connectivity index is 1.93. The fourth-order valence-corrected chi connectivity index (χ4v) is 4.11. The predicted octanol–water partition coefficient (Wildman–Crippen LogP) is 2.42. The number of hydrogen-bond acceptors (Lipinski definition) is 7. The van der Waals surface area contributed by atoms with Crippen LogP contribution in [0, 0.1) is 17.2 Å². The lowest BCUT2D eigenvalue weighted by Gasteiger charge is -2.57. The minimum atomic E-state index is -1.18. The van der Waals surface area contributed by atoms with Gasteiger partial charge in [-0.2, -0.15) is 5.26 Å². The second kappa shape index (κ2) is 6.31. The first kappa shape index (κ1) is 20.3. The molecule has 1 saturated carbocycles.